The summed E-state index contributed by atoms with van der Waals surface area (Å²) in [4.78, 5) is 17.7. The normalized spacial score (nSPS) is 12.3. The molecule has 3 aromatic rings. The fourth-order valence-corrected chi connectivity index (χ4v) is 4.28. The van der Waals surface area contributed by atoms with E-state index in [9.17, 15) is 4.79 Å². The molecule has 0 aliphatic carbocycles. The number of benzene rings is 3. The Hall–Kier alpha value is -2.70. The van der Waals surface area contributed by atoms with E-state index in [0.717, 1.165) is 22.6 Å². The minimum Gasteiger partial charge on any atom is -0.497 e. The number of aliphatic imine (C=N–C) groups is 1. The first-order valence-corrected chi connectivity index (χ1v) is 11.7. The summed E-state index contributed by atoms with van der Waals surface area (Å²) in [5.41, 5.74) is 2.91. The molecule has 1 amide bonds. The van der Waals surface area contributed by atoms with Gasteiger partial charge in [0.15, 0.2) is 5.17 Å². The second-order valence-electron chi connectivity index (χ2n) is 6.40. The Morgan fingerprint density at radius 1 is 0.967 bits per heavy atom. The van der Waals surface area contributed by atoms with E-state index in [0.29, 0.717) is 10.9 Å². The van der Waals surface area contributed by atoms with Crippen LogP contribution in [0.1, 0.15) is 16.4 Å². The smallest absolute Gasteiger partial charge is 0.243 e. The van der Waals surface area contributed by atoms with Gasteiger partial charge < -0.3 is 10.1 Å². The molecule has 0 heterocycles. The molecule has 0 aromatic heterocycles. The lowest BCUT2D eigenvalue weighted by molar-refractivity contribution is -0.119. The maximum atomic E-state index is 13.2. The molecule has 0 radical (unpaired) electrons. The van der Waals surface area contributed by atoms with E-state index in [1.807, 2.05) is 91.2 Å². The van der Waals surface area contributed by atoms with Crippen LogP contribution in [0.3, 0.4) is 0 Å². The lowest BCUT2D eigenvalue weighted by atomic mass is 10.1. The van der Waals surface area contributed by atoms with Crippen LogP contribution >= 0.6 is 23.5 Å². The van der Waals surface area contributed by atoms with Gasteiger partial charge in [-0.3, -0.25) is 4.79 Å². The van der Waals surface area contributed by atoms with Crippen molar-refractivity contribution >= 4 is 40.3 Å². The van der Waals surface area contributed by atoms with Crippen molar-refractivity contribution in [3.8, 4) is 5.75 Å². The zero-order valence-corrected chi connectivity index (χ0v) is 18.6. The molecule has 30 heavy (non-hydrogen) atoms. The van der Waals surface area contributed by atoms with Gasteiger partial charge in [-0.1, -0.05) is 72.4 Å². The van der Waals surface area contributed by atoms with E-state index in [1.54, 1.807) is 18.9 Å². The highest BCUT2D eigenvalue weighted by molar-refractivity contribution is 8.13. The molecule has 1 N–H and O–H groups in total. The van der Waals surface area contributed by atoms with Crippen molar-refractivity contribution in [2.75, 3.05) is 13.4 Å². The Bertz CT molecular complexity index is 962. The van der Waals surface area contributed by atoms with Gasteiger partial charge in [-0.25, -0.2) is 4.99 Å². The number of ether oxygens (including phenoxy) is 1. The number of rotatable bonds is 7. The van der Waals surface area contributed by atoms with Crippen LogP contribution in [0.2, 0.25) is 0 Å². The van der Waals surface area contributed by atoms with Crippen molar-refractivity contribution in [2.24, 2.45) is 4.99 Å². The van der Waals surface area contributed by atoms with E-state index >= 15 is 0 Å². The molecule has 0 bridgehead atoms. The van der Waals surface area contributed by atoms with Gasteiger partial charge in [0.05, 0.1) is 12.8 Å². The summed E-state index contributed by atoms with van der Waals surface area (Å²) >= 11 is 3.01. The van der Waals surface area contributed by atoms with Gasteiger partial charge in [0.25, 0.3) is 0 Å². The standard InChI is InChI=1S/C24H24N2O2S2/c1-28-21-15-13-18(14-16-21)17-30-22(19-9-5-3-6-10-19)23(27)26-24(29-2)25-20-11-7-4-8-12-20/h3-16,22H,17H2,1-2H3,(H,25,26,27). The third kappa shape index (κ3) is 6.40. The van der Waals surface area contributed by atoms with Crippen LogP contribution in [-0.4, -0.2) is 24.4 Å². The molecule has 154 valence electrons. The summed E-state index contributed by atoms with van der Waals surface area (Å²) in [6.45, 7) is 0. The Kier molecular flexibility index (Phi) is 8.41. The minimum absolute atomic E-state index is 0.0799. The van der Waals surface area contributed by atoms with Gasteiger partial charge in [-0.05, 0) is 41.6 Å². The Morgan fingerprint density at radius 3 is 2.20 bits per heavy atom. The van der Waals surface area contributed by atoms with Crippen LogP contribution in [0.15, 0.2) is 89.9 Å². The number of amidine groups is 1. The quantitative estimate of drug-likeness (QED) is 0.374. The molecular weight excluding hydrogens is 412 g/mol. The van der Waals surface area contributed by atoms with Crippen LogP contribution in [0.5, 0.6) is 5.75 Å². The second-order valence-corrected chi connectivity index (χ2v) is 8.28. The molecule has 1 atom stereocenters. The number of carbonyl (C=O) groups is 1. The number of nitrogens with one attached hydrogen (secondary N) is 1. The molecule has 0 saturated heterocycles. The van der Waals surface area contributed by atoms with Crippen molar-refractivity contribution in [3.63, 3.8) is 0 Å². The molecule has 6 heteroatoms. The third-order valence-corrected chi connectivity index (χ3v) is 6.23. The van der Waals surface area contributed by atoms with Crippen LogP contribution < -0.4 is 10.1 Å². The average molecular weight is 437 g/mol. The number of para-hydroxylation sites is 1. The molecule has 4 nitrogen and oxygen atoms in total. The Morgan fingerprint density at radius 2 is 1.60 bits per heavy atom. The zero-order valence-electron chi connectivity index (χ0n) is 16.9. The highest BCUT2D eigenvalue weighted by Crippen LogP contribution is 2.32. The lowest BCUT2D eigenvalue weighted by Gasteiger charge is -2.17. The summed E-state index contributed by atoms with van der Waals surface area (Å²) < 4.78 is 5.22. The molecule has 0 saturated carbocycles. The van der Waals surface area contributed by atoms with E-state index in [1.165, 1.54) is 11.8 Å². The number of amides is 1. The van der Waals surface area contributed by atoms with Crippen LogP contribution in [0, 0.1) is 0 Å². The van der Waals surface area contributed by atoms with Crippen molar-refractivity contribution < 1.29 is 9.53 Å². The second kappa shape index (κ2) is 11.5. The summed E-state index contributed by atoms with van der Waals surface area (Å²) in [6, 6.07) is 27.4. The zero-order chi connectivity index (χ0) is 21.2. The topological polar surface area (TPSA) is 50.7 Å². The van der Waals surface area contributed by atoms with Crippen LogP contribution in [0.4, 0.5) is 5.69 Å². The van der Waals surface area contributed by atoms with Gasteiger partial charge in [0, 0.05) is 5.75 Å². The number of carbonyl (C=O) groups excluding carboxylic acids is 1. The first kappa shape index (κ1) is 22.0. The van der Waals surface area contributed by atoms with Crippen molar-refractivity contribution in [1.82, 2.24) is 5.32 Å². The van der Waals surface area contributed by atoms with Crippen molar-refractivity contribution in [3.05, 3.63) is 96.1 Å². The average Bonchev–Trinajstić information content (AvgIpc) is 2.80. The Balaban J connectivity index is 1.75. The summed E-state index contributed by atoms with van der Waals surface area (Å²) in [5, 5.41) is 3.24. The minimum atomic E-state index is -0.346. The van der Waals surface area contributed by atoms with Gasteiger partial charge in [0.1, 0.15) is 11.0 Å². The van der Waals surface area contributed by atoms with Crippen LogP contribution in [-0.2, 0) is 10.5 Å². The molecule has 0 aliphatic rings. The summed E-state index contributed by atoms with van der Waals surface area (Å²) in [5.74, 6) is 1.45. The molecule has 3 aromatic carbocycles. The van der Waals surface area contributed by atoms with Crippen LogP contribution in [0.25, 0.3) is 0 Å². The third-order valence-electron chi connectivity index (χ3n) is 4.33. The summed E-state index contributed by atoms with van der Waals surface area (Å²) in [7, 11) is 1.65. The van der Waals surface area contributed by atoms with E-state index in [4.69, 9.17) is 4.74 Å². The predicted octanol–water partition coefficient (Wildman–Crippen LogP) is 5.84. The Labute approximate surface area is 186 Å². The predicted molar refractivity (Wildman–Crippen MR) is 129 cm³/mol. The van der Waals surface area contributed by atoms with Crippen molar-refractivity contribution in [1.29, 1.82) is 0 Å². The maximum absolute atomic E-state index is 13.2. The first-order chi connectivity index (χ1) is 14.7. The first-order valence-electron chi connectivity index (χ1n) is 9.47. The molecule has 0 spiro atoms. The molecular formula is C24H24N2O2S2. The van der Waals surface area contributed by atoms with E-state index in [2.05, 4.69) is 10.3 Å². The van der Waals surface area contributed by atoms with Crippen molar-refractivity contribution in [2.45, 2.75) is 11.0 Å². The number of hydrogen-bond acceptors (Lipinski definition) is 5. The number of thioether (sulfide) groups is 2. The lowest BCUT2D eigenvalue weighted by Crippen LogP contribution is -2.32. The number of nitrogens with zero attached hydrogens (tertiary/aromatic N) is 1. The van der Waals surface area contributed by atoms with Gasteiger partial charge in [0.2, 0.25) is 5.91 Å². The van der Waals surface area contributed by atoms with Gasteiger partial charge in [-0.15, -0.1) is 11.8 Å². The fourth-order valence-electron chi connectivity index (χ4n) is 2.77. The molecule has 0 fully saturated rings. The fraction of sp³-hybridized carbons (Fsp3) is 0.167. The number of hydrogen-bond donors (Lipinski definition) is 1. The van der Waals surface area contributed by atoms with Gasteiger partial charge in [-0.2, -0.15) is 0 Å². The maximum Gasteiger partial charge on any atom is 0.243 e. The van der Waals surface area contributed by atoms with Gasteiger partial charge >= 0.3 is 0 Å². The van der Waals surface area contributed by atoms with E-state index < -0.39 is 0 Å². The molecule has 0 aliphatic heterocycles. The SMILES string of the molecule is COc1ccc(CSC(C(=O)NC(=Nc2ccccc2)SC)c2ccccc2)cc1. The van der Waals surface area contributed by atoms with E-state index in [-0.39, 0.29) is 11.2 Å². The highest BCUT2D eigenvalue weighted by atomic mass is 32.2. The molecule has 3 rings (SSSR count). The summed E-state index contributed by atoms with van der Waals surface area (Å²) in [6.07, 6.45) is 1.91. The largest absolute Gasteiger partial charge is 0.497 e. The highest BCUT2D eigenvalue weighted by Gasteiger charge is 2.22. The monoisotopic (exact) mass is 436 g/mol. The molecule has 1 unspecified atom stereocenters. The number of methoxy groups -OCH3 is 1.